The molecule has 0 aromatic carbocycles. The Kier molecular flexibility index (Phi) is 3.60. The van der Waals surface area contributed by atoms with Gasteiger partial charge in [-0.2, -0.15) is 0 Å². The predicted octanol–water partition coefficient (Wildman–Crippen LogP) is 1.16. The second kappa shape index (κ2) is 4.96. The molecular weight excluding hydrogens is 182 g/mol. The standard InChI is InChI=1S/C9H11N3O2/c1-2-3-5-10-9-11-6-4-7(12-9)8(13)14/h2-4,6H,5H2,1H3,(H,13,14)(H,10,11,12)/b3-2+. The maximum Gasteiger partial charge on any atom is 0.354 e. The summed E-state index contributed by atoms with van der Waals surface area (Å²) < 4.78 is 0. The van der Waals surface area contributed by atoms with Crippen molar-refractivity contribution in [2.45, 2.75) is 6.92 Å². The van der Waals surface area contributed by atoms with Gasteiger partial charge >= 0.3 is 5.97 Å². The van der Waals surface area contributed by atoms with Crippen LogP contribution >= 0.6 is 0 Å². The first-order valence-corrected chi connectivity index (χ1v) is 4.15. The van der Waals surface area contributed by atoms with E-state index in [-0.39, 0.29) is 5.69 Å². The molecule has 0 fully saturated rings. The number of carbonyl (C=O) groups is 1. The average Bonchev–Trinajstić information content (AvgIpc) is 2.19. The van der Waals surface area contributed by atoms with Crippen LogP contribution in [0.1, 0.15) is 17.4 Å². The number of nitrogens with zero attached hydrogens (tertiary/aromatic N) is 2. The van der Waals surface area contributed by atoms with Gasteiger partial charge in [-0.25, -0.2) is 14.8 Å². The molecule has 5 heteroatoms. The van der Waals surface area contributed by atoms with Crippen LogP contribution in [-0.2, 0) is 0 Å². The number of carboxylic acids is 1. The highest BCUT2D eigenvalue weighted by Crippen LogP contribution is 1.99. The molecule has 0 saturated carbocycles. The minimum Gasteiger partial charge on any atom is -0.477 e. The Bertz CT molecular complexity index is 350. The van der Waals surface area contributed by atoms with Gasteiger partial charge in [-0.3, -0.25) is 0 Å². The van der Waals surface area contributed by atoms with E-state index in [1.165, 1.54) is 12.3 Å². The molecule has 0 radical (unpaired) electrons. The largest absolute Gasteiger partial charge is 0.477 e. The molecule has 0 saturated heterocycles. The van der Waals surface area contributed by atoms with Crippen molar-refractivity contribution < 1.29 is 9.90 Å². The fourth-order valence-corrected chi connectivity index (χ4v) is 0.831. The van der Waals surface area contributed by atoms with E-state index < -0.39 is 5.97 Å². The summed E-state index contributed by atoms with van der Waals surface area (Å²) in [6.07, 6.45) is 5.18. The second-order valence-electron chi connectivity index (χ2n) is 2.52. The fraction of sp³-hybridized carbons (Fsp3) is 0.222. The molecule has 0 bridgehead atoms. The quantitative estimate of drug-likeness (QED) is 0.702. The third kappa shape index (κ3) is 2.85. The Labute approximate surface area is 81.5 Å². The molecule has 1 aromatic rings. The Morgan fingerprint density at radius 1 is 1.71 bits per heavy atom. The van der Waals surface area contributed by atoms with Gasteiger partial charge in [0, 0.05) is 12.7 Å². The lowest BCUT2D eigenvalue weighted by Gasteiger charge is -2.00. The van der Waals surface area contributed by atoms with Crippen molar-refractivity contribution in [1.82, 2.24) is 9.97 Å². The number of allylic oxidation sites excluding steroid dienone is 1. The van der Waals surface area contributed by atoms with Crippen molar-refractivity contribution in [2.24, 2.45) is 0 Å². The molecule has 1 rings (SSSR count). The molecule has 5 nitrogen and oxygen atoms in total. The van der Waals surface area contributed by atoms with Crippen molar-refractivity contribution in [1.29, 1.82) is 0 Å². The first-order chi connectivity index (χ1) is 6.74. The molecule has 2 N–H and O–H groups in total. The maximum atomic E-state index is 10.6. The van der Waals surface area contributed by atoms with E-state index in [1.807, 2.05) is 19.1 Å². The molecule has 0 amide bonds. The van der Waals surface area contributed by atoms with Gasteiger partial charge in [-0.1, -0.05) is 12.2 Å². The van der Waals surface area contributed by atoms with Crippen LogP contribution < -0.4 is 5.32 Å². The number of hydrogen-bond donors (Lipinski definition) is 2. The molecular formula is C9H11N3O2. The zero-order chi connectivity index (χ0) is 10.4. The van der Waals surface area contributed by atoms with Gasteiger partial charge < -0.3 is 10.4 Å². The Morgan fingerprint density at radius 3 is 3.14 bits per heavy atom. The summed E-state index contributed by atoms with van der Waals surface area (Å²) >= 11 is 0. The van der Waals surface area contributed by atoms with Crippen LogP contribution in [0.25, 0.3) is 0 Å². The van der Waals surface area contributed by atoms with Crippen molar-refractivity contribution in [2.75, 3.05) is 11.9 Å². The molecule has 14 heavy (non-hydrogen) atoms. The zero-order valence-corrected chi connectivity index (χ0v) is 7.77. The average molecular weight is 193 g/mol. The summed E-state index contributed by atoms with van der Waals surface area (Å²) in [5.41, 5.74) is -0.0111. The third-order valence-corrected chi connectivity index (χ3v) is 1.49. The van der Waals surface area contributed by atoms with Gasteiger partial charge in [0.25, 0.3) is 0 Å². The van der Waals surface area contributed by atoms with E-state index in [9.17, 15) is 4.79 Å². The lowest BCUT2D eigenvalue weighted by molar-refractivity contribution is 0.0690. The predicted molar refractivity (Wildman–Crippen MR) is 52.3 cm³/mol. The van der Waals surface area contributed by atoms with E-state index in [0.29, 0.717) is 12.5 Å². The van der Waals surface area contributed by atoms with Gasteiger partial charge in [-0.15, -0.1) is 0 Å². The van der Waals surface area contributed by atoms with Crippen LogP contribution in [0.5, 0.6) is 0 Å². The molecule has 1 heterocycles. The highest BCUT2D eigenvalue weighted by molar-refractivity contribution is 5.85. The lowest BCUT2D eigenvalue weighted by atomic mass is 10.4. The molecule has 0 aliphatic heterocycles. The van der Waals surface area contributed by atoms with Crippen molar-refractivity contribution in [3.05, 3.63) is 30.1 Å². The van der Waals surface area contributed by atoms with Crippen LogP contribution in [-0.4, -0.2) is 27.6 Å². The van der Waals surface area contributed by atoms with Gasteiger partial charge in [0.05, 0.1) is 0 Å². The highest BCUT2D eigenvalue weighted by Gasteiger charge is 2.04. The molecule has 1 aromatic heterocycles. The van der Waals surface area contributed by atoms with E-state index in [0.717, 1.165) is 0 Å². The van der Waals surface area contributed by atoms with Crippen molar-refractivity contribution >= 4 is 11.9 Å². The topological polar surface area (TPSA) is 75.1 Å². The van der Waals surface area contributed by atoms with Crippen LogP contribution in [0, 0.1) is 0 Å². The number of carboxylic acid groups (broad SMARTS) is 1. The molecule has 74 valence electrons. The van der Waals surface area contributed by atoms with Crippen LogP contribution in [0.3, 0.4) is 0 Å². The van der Waals surface area contributed by atoms with Gasteiger partial charge in [0.2, 0.25) is 5.95 Å². The molecule has 0 atom stereocenters. The second-order valence-corrected chi connectivity index (χ2v) is 2.52. The summed E-state index contributed by atoms with van der Waals surface area (Å²) in [5.74, 6) is -0.732. The normalized spacial score (nSPS) is 10.4. The van der Waals surface area contributed by atoms with Crippen LogP contribution in [0.4, 0.5) is 5.95 Å². The first-order valence-electron chi connectivity index (χ1n) is 4.15. The van der Waals surface area contributed by atoms with Gasteiger partial charge in [-0.05, 0) is 13.0 Å². The minimum atomic E-state index is -1.05. The Balaban J connectivity index is 2.68. The summed E-state index contributed by atoms with van der Waals surface area (Å²) in [6.45, 7) is 2.48. The Hall–Kier alpha value is -1.91. The van der Waals surface area contributed by atoms with E-state index >= 15 is 0 Å². The SMILES string of the molecule is C/C=C/CNc1nccc(C(=O)O)n1. The molecule has 0 aliphatic carbocycles. The molecule has 0 spiro atoms. The minimum absolute atomic E-state index is 0.0111. The fourth-order valence-electron chi connectivity index (χ4n) is 0.831. The monoisotopic (exact) mass is 193 g/mol. The van der Waals surface area contributed by atoms with E-state index in [1.54, 1.807) is 0 Å². The number of anilines is 1. The Morgan fingerprint density at radius 2 is 2.50 bits per heavy atom. The molecule has 0 unspecified atom stereocenters. The number of aromatic nitrogens is 2. The van der Waals surface area contributed by atoms with Gasteiger partial charge in [0.1, 0.15) is 0 Å². The number of rotatable bonds is 4. The smallest absolute Gasteiger partial charge is 0.354 e. The van der Waals surface area contributed by atoms with Crippen molar-refractivity contribution in [3.8, 4) is 0 Å². The highest BCUT2D eigenvalue weighted by atomic mass is 16.4. The third-order valence-electron chi connectivity index (χ3n) is 1.49. The van der Waals surface area contributed by atoms with E-state index in [4.69, 9.17) is 5.11 Å². The van der Waals surface area contributed by atoms with E-state index in [2.05, 4.69) is 15.3 Å². The zero-order valence-electron chi connectivity index (χ0n) is 7.77. The first kappa shape index (κ1) is 10.2. The summed E-state index contributed by atoms with van der Waals surface area (Å²) in [7, 11) is 0. The number of nitrogens with one attached hydrogen (secondary N) is 1. The summed E-state index contributed by atoms with van der Waals surface area (Å²) in [5, 5.41) is 11.5. The number of aromatic carboxylic acids is 1. The maximum absolute atomic E-state index is 10.6. The number of hydrogen-bond acceptors (Lipinski definition) is 4. The van der Waals surface area contributed by atoms with Crippen LogP contribution in [0.2, 0.25) is 0 Å². The summed E-state index contributed by atoms with van der Waals surface area (Å²) in [6, 6.07) is 1.35. The van der Waals surface area contributed by atoms with Crippen LogP contribution in [0.15, 0.2) is 24.4 Å². The van der Waals surface area contributed by atoms with Crippen molar-refractivity contribution in [3.63, 3.8) is 0 Å². The lowest BCUT2D eigenvalue weighted by Crippen LogP contribution is -2.07. The van der Waals surface area contributed by atoms with Gasteiger partial charge in [0.15, 0.2) is 5.69 Å². The summed E-state index contributed by atoms with van der Waals surface area (Å²) in [4.78, 5) is 18.2. The molecule has 0 aliphatic rings.